The van der Waals surface area contributed by atoms with Gasteiger partial charge in [0.1, 0.15) is 5.02 Å². The number of nitro groups is 1. The van der Waals surface area contributed by atoms with Crippen LogP contribution in [0.2, 0.25) is 5.02 Å². The SMILES string of the molecule is CC(C)c1cccc2c1N[C@H](c1ccc(Cl)c([N+](=O)[O-])c1)[C@@H]1CC=C[C@H]21. The molecule has 1 aliphatic heterocycles. The van der Waals surface area contributed by atoms with Crippen LogP contribution in [0.3, 0.4) is 0 Å². The molecule has 0 fully saturated rings. The molecular weight excluding hydrogens is 348 g/mol. The molecule has 2 aromatic rings. The summed E-state index contributed by atoms with van der Waals surface area (Å²) in [5, 5.41) is 15.2. The van der Waals surface area contributed by atoms with Crippen molar-refractivity contribution in [2.45, 2.75) is 38.1 Å². The van der Waals surface area contributed by atoms with Crippen molar-refractivity contribution < 1.29 is 4.92 Å². The molecule has 0 bridgehead atoms. The smallest absolute Gasteiger partial charge is 0.288 e. The minimum Gasteiger partial charge on any atom is -0.377 e. The summed E-state index contributed by atoms with van der Waals surface area (Å²) in [6.45, 7) is 4.38. The fourth-order valence-corrected chi connectivity index (χ4v) is 4.51. The number of para-hydroxylation sites is 1. The fraction of sp³-hybridized carbons (Fsp3) is 0.333. The van der Waals surface area contributed by atoms with Crippen molar-refractivity contribution in [3.8, 4) is 0 Å². The van der Waals surface area contributed by atoms with E-state index in [4.69, 9.17) is 11.6 Å². The third-order valence-corrected chi connectivity index (χ3v) is 5.90. The van der Waals surface area contributed by atoms with E-state index in [1.54, 1.807) is 12.1 Å². The van der Waals surface area contributed by atoms with Gasteiger partial charge in [-0.25, -0.2) is 0 Å². The number of halogens is 1. The van der Waals surface area contributed by atoms with Crippen molar-refractivity contribution in [2.24, 2.45) is 5.92 Å². The summed E-state index contributed by atoms with van der Waals surface area (Å²) < 4.78 is 0. The van der Waals surface area contributed by atoms with Crippen molar-refractivity contribution in [3.63, 3.8) is 0 Å². The van der Waals surface area contributed by atoms with Crippen LogP contribution >= 0.6 is 11.6 Å². The van der Waals surface area contributed by atoms with Gasteiger partial charge in [0.25, 0.3) is 5.69 Å². The lowest BCUT2D eigenvalue weighted by molar-refractivity contribution is -0.384. The summed E-state index contributed by atoms with van der Waals surface area (Å²) in [4.78, 5) is 10.9. The third kappa shape index (κ3) is 2.69. The number of fused-ring (bicyclic) bond motifs is 3. The van der Waals surface area contributed by atoms with Gasteiger partial charge < -0.3 is 5.32 Å². The van der Waals surface area contributed by atoms with Gasteiger partial charge in [0, 0.05) is 17.7 Å². The van der Waals surface area contributed by atoms with Crippen molar-refractivity contribution in [3.05, 3.63) is 80.4 Å². The number of hydrogen-bond acceptors (Lipinski definition) is 3. The molecule has 0 amide bonds. The summed E-state index contributed by atoms with van der Waals surface area (Å²) in [7, 11) is 0. The monoisotopic (exact) mass is 368 g/mol. The van der Waals surface area contributed by atoms with Crippen molar-refractivity contribution in [1.82, 2.24) is 0 Å². The minimum absolute atomic E-state index is 0.0263. The highest BCUT2D eigenvalue weighted by molar-refractivity contribution is 6.32. The summed E-state index contributed by atoms with van der Waals surface area (Å²) in [5.74, 6) is 1.09. The van der Waals surface area contributed by atoms with Crippen molar-refractivity contribution in [1.29, 1.82) is 0 Å². The lowest BCUT2D eigenvalue weighted by atomic mass is 9.75. The molecule has 0 saturated carbocycles. The summed E-state index contributed by atoms with van der Waals surface area (Å²) in [6.07, 6.45) is 5.47. The molecule has 1 N–H and O–H groups in total. The Bertz CT molecular complexity index is 907. The van der Waals surface area contributed by atoms with Crippen LogP contribution < -0.4 is 5.32 Å². The van der Waals surface area contributed by atoms with E-state index in [1.165, 1.54) is 16.8 Å². The lowest BCUT2D eigenvalue weighted by Crippen LogP contribution is -2.30. The number of benzene rings is 2. The minimum atomic E-state index is -0.410. The molecule has 0 unspecified atom stereocenters. The van der Waals surface area contributed by atoms with Crippen LogP contribution in [0, 0.1) is 16.0 Å². The van der Waals surface area contributed by atoms with Gasteiger partial charge >= 0.3 is 0 Å². The maximum atomic E-state index is 11.3. The Balaban J connectivity index is 1.82. The van der Waals surface area contributed by atoms with Gasteiger partial charge in [0.05, 0.1) is 11.0 Å². The van der Waals surface area contributed by atoms with Gasteiger partial charge in [-0.1, -0.05) is 61.9 Å². The number of nitrogens with one attached hydrogen (secondary N) is 1. The predicted octanol–water partition coefficient (Wildman–Crippen LogP) is 6.20. The molecule has 5 heteroatoms. The van der Waals surface area contributed by atoms with Gasteiger partial charge in [-0.3, -0.25) is 10.1 Å². The van der Waals surface area contributed by atoms with Crippen LogP contribution in [0.1, 0.15) is 54.8 Å². The van der Waals surface area contributed by atoms with Gasteiger partial charge in [0.2, 0.25) is 0 Å². The second-order valence-corrected chi connectivity index (χ2v) is 7.82. The number of hydrogen-bond donors (Lipinski definition) is 1. The Hall–Kier alpha value is -2.33. The second kappa shape index (κ2) is 6.44. The topological polar surface area (TPSA) is 55.2 Å². The molecular formula is C21H21ClN2O2. The molecule has 0 spiro atoms. The molecule has 134 valence electrons. The molecule has 0 saturated heterocycles. The number of allylic oxidation sites excluding steroid dienone is 2. The number of anilines is 1. The van der Waals surface area contributed by atoms with E-state index in [9.17, 15) is 10.1 Å². The predicted molar refractivity (Wildman–Crippen MR) is 105 cm³/mol. The third-order valence-electron chi connectivity index (χ3n) is 5.58. The highest BCUT2D eigenvalue weighted by Crippen LogP contribution is 2.51. The normalized spacial score (nSPS) is 23.5. The van der Waals surface area contributed by atoms with Gasteiger partial charge in [-0.05, 0) is 41.0 Å². The van der Waals surface area contributed by atoms with E-state index >= 15 is 0 Å². The van der Waals surface area contributed by atoms with E-state index in [1.807, 2.05) is 6.07 Å². The molecule has 4 nitrogen and oxygen atoms in total. The van der Waals surface area contributed by atoms with Crippen molar-refractivity contribution in [2.75, 3.05) is 5.32 Å². The fourth-order valence-electron chi connectivity index (χ4n) is 4.32. The molecule has 0 aromatic heterocycles. The van der Waals surface area contributed by atoms with E-state index in [0.717, 1.165) is 12.0 Å². The number of nitrogens with zero attached hydrogens (tertiary/aromatic N) is 1. The molecule has 4 rings (SSSR count). The summed E-state index contributed by atoms with van der Waals surface area (Å²) in [5.41, 5.74) is 4.68. The highest BCUT2D eigenvalue weighted by atomic mass is 35.5. The zero-order chi connectivity index (χ0) is 18.4. The van der Waals surface area contributed by atoms with Gasteiger partial charge in [-0.2, -0.15) is 0 Å². The molecule has 0 radical (unpaired) electrons. The average Bonchev–Trinajstić information content (AvgIpc) is 3.10. The Labute approximate surface area is 158 Å². The molecule has 1 aliphatic carbocycles. The lowest BCUT2D eigenvalue weighted by Gasteiger charge is -2.39. The molecule has 2 aliphatic rings. The zero-order valence-electron chi connectivity index (χ0n) is 14.8. The van der Waals surface area contributed by atoms with Crippen LogP contribution in [0.5, 0.6) is 0 Å². The van der Waals surface area contributed by atoms with Gasteiger partial charge in [0.15, 0.2) is 0 Å². The Morgan fingerprint density at radius 2 is 2.08 bits per heavy atom. The molecule has 3 atom stereocenters. The van der Waals surface area contributed by atoms with Crippen LogP contribution in [0.4, 0.5) is 11.4 Å². The van der Waals surface area contributed by atoms with Gasteiger partial charge in [-0.15, -0.1) is 0 Å². The Morgan fingerprint density at radius 1 is 1.27 bits per heavy atom. The average molecular weight is 369 g/mol. The summed E-state index contributed by atoms with van der Waals surface area (Å²) in [6, 6.07) is 11.7. The zero-order valence-corrected chi connectivity index (χ0v) is 15.5. The largest absolute Gasteiger partial charge is 0.377 e. The molecule has 2 aromatic carbocycles. The van der Waals surface area contributed by atoms with E-state index in [-0.39, 0.29) is 16.8 Å². The quantitative estimate of drug-likeness (QED) is 0.398. The van der Waals surface area contributed by atoms with Crippen molar-refractivity contribution >= 4 is 23.0 Å². The summed E-state index contributed by atoms with van der Waals surface area (Å²) >= 11 is 6.01. The Kier molecular flexibility index (Phi) is 4.23. The van der Waals surface area contributed by atoms with E-state index in [0.29, 0.717) is 17.8 Å². The van der Waals surface area contributed by atoms with Crippen LogP contribution in [-0.2, 0) is 0 Å². The maximum absolute atomic E-state index is 11.3. The van der Waals surface area contributed by atoms with E-state index in [2.05, 4.69) is 49.5 Å². The Morgan fingerprint density at radius 3 is 2.81 bits per heavy atom. The number of nitro benzene ring substituents is 1. The standard InChI is InChI=1S/C21H21ClN2O2/c1-12(2)14-5-3-8-17-15-6-4-7-16(15)20(23-21(14)17)13-9-10-18(22)19(11-13)24(25)26/h3-6,8-12,15-16,20,23H,7H2,1-2H3/t15-,16+,20+/m0/s1. The van der Waals surface area contributed by atoms with Crippen LogP contribution in [0.25, 0.3) is 0 Å². The first-order valence-corrected chi connectivity index (χ1v) is 9.35. The first kappa shape index (κ1) is 17.1. The first-order chi connectivity index (χ1) is 12.5. The number of rotatable bonds is 3. The highest BCUT2D eigenvalue weighted by Gasteiger charge is 2.39. The first-order valence-electron chi connectivity index (χ1n) is 8.97. The van der Waals surface area contributed by atoms with Crippen LogP contribution in [0.15, 0.2) is 48.6 Å². The second-order valence-electron chi connectivity index (χ2n) is 7.41. The molecule has 26 heavy (non-hydrogen) atoms. The van der Waals surface area contributed by atoms with E-state index < -0.39 is 4.92 Å². The maximum Gasteiger partial charge on any atom is 0.288 e. The molecule has 1 heterocycles. The van der Waals surface area contributed by atoms with Crippen LogP contribution in [-0.4, -0.2) is 4.92 Å².